The van der Waals surface area contributed by atoms with E-state index in [0.29, 0.717) is 6.04 Å². The zero-order chi connectivity index (χ0) is 13.0. The van der Waals surface area contributed by atoms with Gasteiger partial charge in [0.25, 0.3) is 0 Å². The monoisotopic (exact) mass is 267 g/mol. The van der Waals surface area contributed by atoms with Crippen LogP contribution < -0.4 is 5.32 Å². The van der Waals surface area contributed by atoms with Crippen LogP contribution >= 0.6 is 11.3 Å². The third-order valence-electron chi connectivity index (χ3n) is 3.56. The number of nitrogens with one attached hydrogen (secondary N) is 1. The number of likely N-dealkylation sites (tertiary alicyclic amines) is 1. The van der Waals surface area contributed by atoms with Crippen molar-refractivity contribution in [2.75, 3.05) is 6.54 Å². The van der Waals surface area contributed by atoms with E-state index in [1.54, 1.807) is 0 Å². The highest BCUT2D eigenvalue weighted by Gasteiger charge is 2.19. The molecule has 102 valence electrons. The van der Waals surface area contributed by atoms with Crippen LogP contribution in [0.1, 0.15) is 49.9 Å². The van der Waals surface area contributed by atoms with Crippen LogP contribution in [0.15, 0.2) is 6.20 Å². The molecular formula is C14H25N3S. The van der Waals surface area contributed by atoms with Crippen LogP contribution in [0.3, 0.4) is 0 Å². The second kappa shape index (κ2) is 6.64. The smallest absolute Gasteiger partial charge is 0.107 e. The fourth-order valence-electron chi connectivity index (χ4n) is 2.37. The first kappa shape index (κ1) is 14.0. The van der Waals surface area contributed by atoms with Crippen molar-refractivity contribution < 1.29 is 0 Å². The number of hydrogen-bond donors (Lipinski definition) is 1. The summed E-state index contributed by atoms with van der Waals surface area (Å²) in [5.41, 5.74) is 0. The number of rotatable bonds is 5. The molecule has 18 heavy (non-hydrogen) atoms. The predicted octanol–water partition coefficient (Wildman–Crippen LogP) is 3.02. The predicted molar refractivity (Wildman–Crippen MR) is 77.8 cm³/mol. The maximum atomic E-state index is 4.56. The van der Waals surface area contributed by atoms with E-state index in [1.807, 2.05) is 17.5 Å². The Kier molecular flexibility index (Phi) is 5.15. The molecule has 1 N–H and O–H groups in total. The summed E-state index contributed by atoms with van der Waals surface area (Å²) in [6.45, 7) is 9.92. The highest BCUT2D eigenvalue weighted by Crippen LogP contribution is 2.21. The Morgan fingerprint density at radius 1 is 1.50 bits per heavy atom. The van der Waals surface area contributed by atoms with Crippen LogP contribution in [0.5, 0.6) is 0 Å². The number of nitrogens with zero attached hydrogens (tertiary/aromatic N) is 2. The van der Waals surface area contributed by atoms with Crippen molar-refractivity contribution in [1.82, 2.24) is 15.2 Å². The molecule has 1 unspecified atom stereocenters. The minimum atomic E-state index is 0.540. The van der Waals surface area contributed by atoms with Gasteiger partial charge in [-0.1, -0.05) is 20.3 Å². The lowest BCUT2D eigenvalue weighted by Gasteiger charge is -2.32. The van der Waals surface area contributed by atoms with E-state index in [0.717, 1.165) is 19.1 Å². The average Bonchev–Trinajstić information content (AvgIpc) is 2.77. The van der Waals surface area contributed by atoms with Crippen LogP contribution in [-0.2, 0) is 13.1 Å². The zero-order valence-electron chi connectivity index (χ0n) is 11.8. The van der Waals surface area contributed by atoms with Crippen LogP contribution in [0.25, 0.3) is 0 Å². The van der Waals surface area contributed by atoms with Crippen LogP contribution in [0.2, 0.25) is 0 Å². The summed E-state index contributed by atoms with van der Waals surface area (Å²) in [4.78, 5) is 8.48. The van der Waals surface area contributed by atoms with Crippen LogP contribution in [0.4, 0.5) is 0 Å². The minimum absolute atomic E-state index is 0.540. The zero-order valence-corrected chi connectivity index (χ0v) is 12.6. The Balaban J connectivity index is 1.85. The Morgan fingerprint density at radius 3 is 3.06 bits per heavy atom. The van der Waals surface area contributed by atoms with Gasteiger partial charge in [-0.15, -0.1) is 11.3 Å². The first-order chi connectivity index (χ1) is 8.65. The highest BCUT2D eigenvalue weighted by molar-refractivity contribution is 7.11. The van der Waals surface area contributed by atoms with Gasteiger partial charge in [-0.25, -0.2) is 4.98 Å². The highest BCUT2D eigenvalue weighted by atomic mass is 32.1. The van der Waals surface area contributed by atoms with E-state index < -0.39 is 0 Å². The van der Waals surface area contributed by atoms with E-state index in [4.69, 9.17) is 0 Å². The number of piperidine rings is 1. The molecule has 0 radical (unpaired) electrons. The summed E-state index contributed by atoms with van der Waals surface area (Å²) in [6.07, 6.45) is 6.10. The van der Waals surface area contributed by atoms with E-state index >= 15 is 0 Å². The molecule has 1 fully saturated rings. The lowest BCUT2D eigenvalue weighted by molar-refractivity contribution is 0.152. The summed E-state index contributed by atoms with van der Waals surface area (Å²) in [7, 11) is 0. The summed E-state index contributed by atoms with van der Waals surface area (Å²) >= 11 is 1.86. The molecule has 2 rings (SSSR count). The van der Waals surface area contributed by atoms with Gasteiger partial charge in [0.15, 0.2) is 0 Å². The normalized spacial score (nSPS) is 21.7. The molecule has 0 saturated carbocycles. The lowest BCUT2D eigenvalue weighted by atomic mass is 10.0. The topological polar surface area (TPSA) is 28.2 Å². The largest absolute Gasteiger partial charge is 0.310 e. The first-order valence-electron chi connectivity index (χ1n) is 7.06. The Morgan fingerprint density at radius 2 is 2.33 bits per heavy atom. The van der Waals surface area contributed by atoms with Gasteiger partial charge in [-0.2, -0.15) is 0 Å². The molecule has 1 aliphatic heterocycles. The van der Waals surface area contributed by atoms with Crippen LogP contribution in [0, 0.1) is 0 Å². The van der Waals surface area contributed by atoms with Gasteiger partial charge in [0, 0.05) is 29.7 Å². The van der Waals surface area contributed by atoms with Gasteiger partial charge in [-0.05, 0) is 26.3 Å². The molecule has 1 aliphatic rings. The lowest BCUT2D eigenvalue weighted by Crippen LogP contribution is -2.36. The standard InChI is InChI=1S/C14H25N3S/c1-11(2)15-8-13-9-16-14(18-13)10-17-7-5-4-6-12(17)3/h9,11-12,15H,4-8,10H2,1-3H3. The SMILES string of the molecule is CC(C)NCc1cnc(CN2CCCCC2C)s1. The summed E-state index contributed by atoms with van der Waals surface area (Å²) in [5, 5.41) is 4.71. The molecule has 3 nitrogen and oxygen atoms in total. The molecule has 1 aromatic heterocycles. The van der Waals surface area contributed by atoms with E-state index in [-0.39, 0.29) is 0 Å². The molecule has 0 aliphatic carbocycles. The second-order valence-corrected chi connectivity index (χ2v) is 6.77. The Labute approximate surface area is 115 Å². The fraction of sp³-hybridized carbons (Fsp3) is 0.786. The molecule has 1 aromatic rings. The molecular weight excluding hydrogens is 242 g/mol. The number of aromatic nitrogens is 1. The van der Waals surface area contributed by atoms with Crippen molar-refractivity contribution in [3.05, 3.63) is 16.1 Å². The molecule has 0 aromatic carbocycles. The Bertz CT molecular complexity index is 362. The molecule has 1 saturated heterocycles. The van der Waals surface area contributed by atoms with Gasteiger partial charge in [0.2, 0.25) is 0 Å². The van der Waals surface area contributed by atoms with Crippen molar-refractivity contribution in [1.29, 1.82) is 0 Å². The maximum Gasteiger partial charge on any atom is 0.107 e. The molecule has 0 spiro atoms. The van der Waals surface area contributed by atoms with E-state index in [2.05, 4.69) is 36.0 Å². The number of thiazole rings is 1. The molecule has 1 atom stereocenters. The molecule has 0 bridgehead atoms. The summed E-state index contributed by atoms with van der Waals surface area (Å²) in [5.74, 6) is 0. The van der Waals surface area contributed by atoms with Gasteiger partial charge < -0.3 is 5.32 Å². The summed E-state index contributed by atoms with van der Waals surface area (Å²) in [6, 6.07) is 1.26. The van der Waals surface area contributed by atoms with Gasteiger partial charge in [-0.3, -0.25) is 4.90 Å². The van der Waals surface area contributed by atoms with Gasteiger partial charge in [0.05, 0.1) is 6.54 Å². The summed E-state index contributed by atoms with van der Waals surface area (Å²) < 4.78 is 0. The number of hydrogen-bond acceptors (Lipinski definition) is 4. The minimum Gasteiger partial charge on any atom is -0.310 e. The quantitative estimate of drug-likeness (QED) is 0.889. The van der Waals surface area contributed by atoms with E-state index in [1.165, 1.54) is 35.7 Å². The molecule has 0 amide bonds. The van der Waals surface area contributed by atoms with Gasteiger partial charge in [0.1, 0.15) is 5.01 Å². The fourth-order valence-corrected chi connectivity index (χ4v) is 3.27. The molecule has 4 heteroatoms. The van der Waals surface area contributed by atoms with Crippen molar-refractivity contribution >= 4 is 11.3 Å². The first-order valence-corrected chi connectivity index (χ1v) is 7.88. The maximum absolute atomic E-state index is 4.56. The van der Waals surface area contributed by atoms with Crippen LogP contribution in [-0.4, -0.2) is 28.5 Å². The second-order valence-electron chi connectivity index (χ2n) is 5.57. The van der Waals surface area contributed by atoms with Crippen molar-refractivity contribution in [2.24, 2.45) is 0 Å². The van der Waals surface area contributed by atoms with Crippen molar-refractivity contribution in [2.45, 2.75) is 65.2 Å². The Hall–Kier alpha value is -0.450. The van der Waals surface area contributed by atoms with Gasteiger partial charge >= 0.3 is 0 Å². The third kappa shape index (κ3) is 4.04. The molecule has 2 heterocycles. The average molecular weight is 267 g/mol. The third-order valence-corrected chi connectivity index (χ3v) is 4.55. The van der Waals surface area contributed by atoms with Crippen molar-refractivity contribution in [3.63, 3.8) is 0 Å². The van der Waals surface area contributed by atoms with E-state index in [9.17, 15) is 0 Å². The van der Waals surface area contributed by atoms with Crippen molar-refractivity contribution in [3.8, 4) is 0 Å².